The summed E-state index contributed by atoms with van der Waals surface area (Å²) in [4.78, 5) is 13.9. The van der Waals surface area contributed by atoms with E-state index in [1.165, 1.54) is 18.5 Å². The molecule has 0 bridgehead atoms. The Morgan fingerprint density at radius 2 is 2.06 bits per heavy atom. The largest absolute Gasteiger partial charge is 0.381 e. The summed E-state index contributed by atoms with van der Waals surface area (Å²) in [5, 5.41) is 0. The fraction of sp³-hybridized carbons (Fsp3) is 0.545. The molecule has 0 aromatic carbocycles. The summed E-state index contributed by atoms with van der Waals surface area (Å²) in [5.41, 5.74) is -1.07. The molecule has 0 spiro atoms. The Bertz CT molecular complexity index is 573. The van der Waals surface area contributed by atoms with Gasteiger partial charge >= 0.3 is 0 Å². The zero-order chi connectivity index (χ0) is 13.2. The number of rotatable bonds is 3. The quantitative estimate of drug-likeness (QED) is 0.824. The van der Waals surface area contributed by atoms with E-state index in [9.17, 15) is 13.2 Å². The van der Waals surface area contributed by atoms with Gasteiger partial charge in [-0.05, 0) is 19.8 Å². The van der Waals surface area contributed by atoms with Crippen LogP contribution in [-0.4, -0.2) is 32.2 Å². The lowest BCUT2D eigenvalue weighted by molar-refractivity contribution is 0.0537. The fourth-order valence-electron chi connectivity index (χ4n) is 1.91. The predicted molar refractivity (Wildman–Crippen MR) is 65.8 cm³/mol. The lowest BCUT2D eigenvalue weighted by Gasteiger charge is -2.33. The topological polar surface area (TPSA) is 88.3 Å². The summed E-state index contributed by atoms with van der Waals surface area (Å²) in [6, 6.07) is 1.20. The fourth-order valence-corrected chi connectivity index (χ4v) is 3.43. The van der Waals surface area contributed by atoms with E-state index < -0.39 is 21.0 Å². The Morgan fingerprint density at radius 3 is 2.67 bits per heavy atom. The second kappa shape index (κ2) is 4.83. The standard InChI is InChI=1S/C11H16N2O4S/c1-11(3-6-17-7-4-11)13-18(15,16)10-8-12-5-2-9(10)14/h2,5,8,13H,3-4,6-7H2,1H3,(H,12,14). The highest BCUT2D eigenvalue weighted by Crippen LogP contribution is 2.21. The minimum absolute atomic E-state index is 0.252. The van der Waals surface area contributed by atoms with Crippen molar-refractivity contribution in [2.75, 3.05) is 13.2 Å². The van der Waals surface area contributed by atoms with Gasteiger partial charge in [-0.25, -0.2) is 13.1 Å². The molecule has 2 N–H and O–H groups in total. The molecule has 0 atom stereocenters. The Labute approximate surface area is 105 Å². The van der Waals surface area contributed by atoms with E-state index in [0.717, 1.165) is 0 Å². The first kappa shape index (κ1) is 13.3. The van der Waals surface area contributed by atoms with Crippen LogP contribution in [-0.2, 0) is 14.8 Å². The van der Waals surface area contributed by atoms with Gasteiger partial charge in [0.15, 0.2) is 0 Å². The number of aromatic nitrogens is 1. The van der Waals surface area contributed by atoms with Crippen LogP contribution in [0, 0.1) is 0 Å². The van der Waals surface area contributed by atoms with Crippen LogP contribution in [0.1, 0.15) is 19.8 Å². The number of hydrogen-bond donors (Lipinski definition) is 2. The van der Waals surface area contributed by atoms with Gasteiger partial charge in [0, 0.05) is 37.2 Å². The van der Waals surface area contributed by atoms with Gasteiger partial charge in [-0.1, -0.05) is 0 Å². The maximum Gasteiger partial charge on any atom is 0.246 e. The van der Waals surface area contributed by atoms with Crippen LogP contribution in [0.2, 0.25) is 0 Å². The second-order valence-electron chi connectivity index (χ2n) is 4.65. The molecule has 0 radical (unpaired) electrons. The van der Waals surface area contributed by atoms with Crippen molar-refractivity contribution in [2.24, 2.45) is 0 Å². The molecule has 1 saturated heterocycles. The van der Waals surface area contributed by atoms with Gasteiger partial charge in [0.2, 0.25) is 15.5 Å². The third-order valence-corrected chi connectivity index (χ3v) is 4.71. The first-order valence-corrected chi connectivity index (χ1v) is 7.20. The zero-order valence-corrected chi connectivity index (χ0v) is 10.9. The lowest BCUT2D eigenvalue weighted by atomic mass is 9.94. The molecule has 0 aliphatic carbocycles. The summed E-state index contributed by atoms with van der Waals surface area (Å²) >= 11 is 0. The van der Waals surface area contributed by atoms with E-state index in [1.807, 2.05) is 6.92 Å². The van der Waals surface area contributed by atoms with Crippen LogP contribution in [0.4, 0.5) is 0 Å². The maximum absolute atomic E-state index is 12.2. The maximum atomic E-state index is 12.2. The molecule has 1 aliphatic rings. The van der Waals surface area contributed by atoms with Gasteiger partial charge < -0.3 is 9.72 Å². The molecule has 0 unspecified atom stereocenters. The van der Waals surface area contributed by atoms with Crippen LogP contribution in [0.3, 0.4) is 0 Å². The Kier molecular flexibility index (Phi) is 3.56. The third kappa shape index (κ3) is 2.80. The summed E-state index contributed by atoms with van der Waals surface area (Å²) in [6.07, 6.45) is 3.79. The molecule has 18 heavy (non-hydrogen) atoms. The molecule has 1 fully saturated rings. The van der Waals surface area contributed by atoms with E-state index >= 15 is 0 Å². The minimum atomic E-state index is -3.80. The van der Waals surface area contributed by atoms with Crippen molar-refractivity contribution in [3.63, 3.8) is 0 Å². The average Bonchev–Trinajstić information content (AvgIpc) is 2.28. The number of sulfonamides is 1. The van der Waals surface area contributed by atoms with Gasteiger partial charge in [0.1, 0.15) is 4.90 Å². The van der Waals surface area contributed by atoms with Crippen molar-refractivity contribution < 1.29 is 13.2 Å². The van der Waals surface area contributed by atoms with Gasteiger partial charge in [-0.3, -0.25) is 4.79 Å². The Hall–Kier alpha value is -1.18. The van der Waals surface area contributed by atoms with Crippen LogP contribution in [0.5, 0.6) is 0 Å². The third-order valence-electron chi connectivity index (χ3n) is 3.05. The highest BCUT2D eigenvalue weighted by atomic mass is 32.2. The average molecular weight is 272 g/mol. The molecule has 7 heteroatoms. The van der Waals surface area contributed by atoms with E-state index in [-0.39, 0.29) is 4.90 Å². The molecule has 1 aliphatic heterocycles. The molecule has 0 saturated carbocycles. The number of hydrogen-bond acceptors (Lipinski definition) is 4. The predicted octanol–water partition coefficient (Wildman–Crippen LogP) is 0.222. The zero-order valence-electron chi connectivity index (χ0n) is 10.1. The molecule has 2 rings (SSSR count). The summed E-state index contributed by atoms with van der Waals surface area (Å²) in [5.74, 6) is 0. The second-order valence-corrected chi connectivity index (χ2v) is 6.30. The smallest absolute Gasteiger partial charge is 0.246 e. The molecule has 0 amide bonds. The number of nitrogens with one attached hydrogen (secondary N) is 2. The van der Waals surface area contributed by atoms with Gasteiger partial charge in [0.25, 0.3) is 0 Å². The highest BCUT2D eigenvalue weighted by Gasteiger charge is 2.33. The summed E-state index contributed by atoms with van der Waals surface area (Å²) in [6.45, 7) is 2.86. The van der Waals surface area contributed by atoms with Crippen LogP contribution in [0.15, 0.2) is 28.2 Å². The molecule has 1 aromatic heterocycles. The summed E-state index contributed by atoms with van der Waals surface area (Å²) < 4.78 is 32.1. The number of H-pyrrole nitrogens is 1. The van der Waals surface area contributed by atoms with Gasteiger partial charge in [-0.2, -0.15) is 0 Å². The Morgan fingerprint density at radius 1 is 1.39 bits per heavy atom. The molecule has 6 nitrogen and oxygen atoms in total. The minimum Gasteiger partial charge on any atom is -0.381 e. The number of pyridine rings is 1. The van der Waals surface area contributed by atoms with Crippen molar-refractivity contribution in [1.29, 1.82) is 0 Å². The molecular formula is C11H16N2O4S. The van der Waals surface area contributed by atoms with Crippen molar-refractivity contribution in [3.8, 4) is 0 Å². The lowest BCUT2D eigenvalue weighted by Crippen LogP contribution is -2.50. The molecule has 1 aromatic rings. The Balaban J connectivity index is 2.27. The first-order chi connectivity index (χ1) is 8.43. The van der Waals surface area contributed by atoms with Crippen molar-refractivity contribution >= 4 is 10.0 Å². The van der Waals surface area contributed by atoms with Crippen LogP contribution >= 0.6 is 0 Å². The van der Waals surface area contributed by atoms with Crippen LogP contribution < -0.4 is 10.2 Å². The van der Waals surface area contributed by atoms with E-state index in [1.54, 1.807) is 0 Å². The van der Waals surface area contributed by atoms with E-state index in [4.69, 9.17) is 4.74 Å². The molecule has 2 heterocycles. The molecule has 100 valence electrons. The van der Waals surface area contributed by atoms with E-state index in [2.05, 4.69) is 9.71 Å². The first-order valence-electron chi connectivity index (χ1n) is 5.72. The van der Waals surface area contributed by atoms with Crippen molar-refractivity contribution in [3.05, 3.63) is 28.7 Å². The summed E-state index contributed by atoms with van der Waals surface area (Å²) in [7, 11) is -3.80. The van der Waals surface area contributed by atoms with Crippen molar-refractivity contribution in [1.82, 2.24) is 9.71 Å². The van der Waals surface area contributed by atoms with E-state index in [0.29, 0.717) is 26.1 Å². The number of ether oxygens (including phenoxy) is 1. The normalized spacial score (nSPS) is 19.6. The molecular weight excluding hydrogens is 256 g/mol. The van der Waals surface area contributed by atoms with Gasteiger partial charge in [0.05, 0.1) is 0 Å². The number of aromatic amines is 1. The van der Waals surface area contributed by atoms with Crippen LogP contribution in [0.25, 0.3) is 0 Å². The monoisotopic (exact) mass is 272 g/mol. The highest BCUT2D eigenvalue weighted by molar-refractivity contribution is 7.89. The SMILES string of the molecule is CC1(NS(=O)(=O)c2c[nH]ccc2=O)CCOCC1. The van der Waals surface area contributed by atoms with Gasteiger partial charge in [-0.15, -0.1) is 0 Å². The van der Waals surface area contributed by atoms with Crippen molar-refractivity contribution in [2.45, 2.75) is 30.2 Å².